The first-order valence-electron chi connectivity index (χ1n) is 7.69. The van der Waals surface area contributed by atoms with E-state index in [1.54, 1.807) is 28.7 Å². The Bertz CT molecular complexity index is 994. The van der Waals surface area contributed by atoms with Crippen LogP contribution in [0.5, 0.6) is 0 Å². The van der Waals surface area contributed by atoms with Crippen molar-refractivity contribution < 1.29 is 9.59 Å². The minimum absolute atomic E-state index is 0.165. The molecule has 25 heavy (non-hydrogen) atoms. The van der Waals surface area contributed by atoms with Crippen LogP contribution in [0.15, 0.2) is 41.0 Å². The Kier molecular flexibility index (Phi) is 4.59. The van der Waals surface area contributed by atoms with Gasteiger partial charge in [0.25, 0.3) is 5.91 Å². The quantitative estimate of drug-likeness (QED) is 0.699. The van der Waals surface area contributed by atoms with Gasteiger partial charge in [-0.1, -0.05) is 6.07 Å². The molecule has 0 saturated carbocycles. The highest BCUT2D eigenvalue weighted by Gasteiger charge is 2.18. The number of aryl methyl sites for hydroxylation is 2. The number of imidazole rings is 1. The van der Waals surface area contributed by atoms with E-state index in [1.807, 2.05) is 26.1 Å². The molecule has 3 rings (SSSR count). The second-order valence-electron chi connectivity index (χ2n) is 5.80. The number of anilines is 2. The van der Waals surface area contributed by atoms with Gasteiger partial charge in [-0.05, 0) is 59.6 Å². The normalized spacial score (nSPS) is 10.7. The molecule has 7 heteroatoms. The first kappa shape index (κ1) is 17.2. The van der Waals surface area contributed by atoms with E-state index in [2.05, 4.69) is 31.5 Å². The second-order valence-corrected chi connectivity index (χ2v) is 6.71. The highest BCUT2D eigenvalue weighted by molar-refractivity contribution is 9.10. The predicted octanol–water partition coefficient (Wildman–Crippen LogP) is 3.92. The van der Waals surface area contributed by atoms with Gasteiger partial charge in [0, 0.05) is 29.0 Å². The molecule has 3 aromatic rings. The minimum Gasteiger partial charge on any atom is -0.326 e. The number of amides is 2. The van der Waals surface area contributed by atoms with Crippen LogP contribution in [0, 0.1) is 13.8 Å². The predicted molar refractivity (Wildman–Crippen MR) is 101 cm³/mol. The largest absolute Gasteiger partial charge is 0.326 e. The van der Waals surface area contributed by atoms with E-state index >= 15 is 0 Å². The van der Waals surface area contributed by atoms with E-state index in [-0.39, 0.29) is 11.8 Å². The number of rotatable bonds is 3. The van der Waals surface area contributed by atoms with Crippen LogP contribution in [0.2, 0.25) is 0 Å². The second kappa shape index (κ2) is 6.68. The summed E-state index contributed by atoms with van der Waals surface area (Å²) >= 11 is 3.45. The fraction of sp³-hybridized carbons (Fsp3) is 0.167. The zero-order chi connectivity index (χ0) is 18.1. The minimum atomic E-state index is -0.262. The average Bonchev–Trinajstić information content (AvgIpc) is 2.83. The lowest BCUT2D eigenvalue weighted by Gasteiger charge is -2.09. The van der Waals surface area contributed by atoms with Gasteiger partial charge in [-0.25, -0.2) is 4.98 Å². The summed E-state index contributed by atoms with van der Waals surface area (Å²) in [6.45, 7) is 5.20. The summed E-state index contributed by atoms with van der Waals surface area (Å²) in [4.78, 5) is 28.5. The molecule has 0 aliphatic rings. The Balaban J connectivity index is 1.96. The third kappa shape index (κ3) is 3.56. The highest BCUT2D eigenvalue weighted by Crippen LogP contribution is 2.22. The topological polar surface area (TPSA) is 75.5 Å². The molecular formula is C18H17BrN4O2. The number of hydrogen-bond acceptors (Lipinski definition) is 3. The zero-order valence-electron chi connectivity index (χ0n) is 14.1. The standard InChI is InChI=1S/C18H17BrN4O2/c1-10-7-13(19)9-23-16(11(2)20-17(10)23)18(25)22-15-6-4-5-14(8-15)21-12(3)24/h4-9H,1-3H3,(H,21,24)(H,22,25). The van der Waals surface area contributed by atoms with Gasteiger partial charge in [0.1, 0.15) is 11.3 Å². The number of fused-ring (bicyclic) bond motifs is 1. The van der Waals surface area contributed by atoms with Gasteiger partial charge >= 0.3 is 0 Å². The van der Waals surface area contributed by atoms with Crippen molar-refractivity contribution >= 4 is 44.8 Å². The van der Waals surface area contributed by atoms with Crippen molar-refractivity contribution in [3.05, 3.63) is 58.0 Å². The van der Waals surface area contributed by atoms with E-state index in [9.17, 15) is 9.59 Å². The Morgan fingerprint density at radius 3 is 2.48 bits per heavy atom. The van der Waals surface area contributed by atoms with Crippen LogP contribution in [0.25, 0.3) is 5.65 Å². The molecule has 0 radical (unpaired) electrons. The van der Waals surface area contributed by atoms with Crippen LogP contribution in [-0.4, -0.2) is 21.2 Å². The zero-order valence-corrected chi connectivity index (χ0v) is 15.6. The number of halogens is 1. The molecule has 0 spiro atoms. The molecule has 0 aliphatic heterocycles. The third-order valence-corrected chi connectivity index (χ3v) is 4.13. The Labute approximate surface area is 153 Å². The van der Waals surface area contributed by atoms with Crippen molar-refractivity contribution in [2.75, 3.05) is 10.6 Å². The molecule has 0 saturated heterocycles. The maximum Gasteiger partial charge on any atom is 0.274 e. The molecule has 0 unspecified atom stereocenters. The molecular weight excluding hydrogens is 384 g/mol. The molecule has 2 N–H and O–H groups in total. The summed E-state index contributed by atoms with van der Waals surface area (Å²) in [5.41, 5.74) is 4.07. The fourth-order valence-electron chi connectivity index (χ4n) is 2.72. The first-order valence-corrected chi connectivity index (χ1v) is 8.48. The number of pyridine rings is 1. The summed E-state index contributed by atoms with van der Waals surface area (Å²) in [6.07, 6.45) is 1.82. The number of carbonyl (C=O) groups excluding carboxylic acids is 2. The van der Waals surface area contributed by atoms with Crippen molar-refractivity contribution in [2.45, 2.75) is 20.8 Å². The molecule has 6 nitrogen and oxygen atoms in total. The third-order valence-electron chi connectivity index (χ3n) is 3.70. The lowest BCUT2D eigenvalue weighted by Crippen LogP contribution is -2.16. The van der Waals surface area contributed by atoms with Crippen molar-refractivity contribution in [1.29, 1.82) is 0 Å². The van der Waals surface area contributed by atoms with Crippen LogP contribution in [-0.2, 0) is 4.79 Å². The van der Waals surface area contributed by atoms with Gasteiger partial charge in [-0.15, -0.1) is 0 Å². The lowest BCUT2D eigenvalue weighted by atomic mass is 10.2. The van der Waals surface area contributed by atoms with Crippen molar-refractivity contribution in [3.63, 3.8) is 0 Å². The monoisotopic (exact) mass is 400 g/mol. The number of aromatic nitrogens is 2. The molecule has 2 aromatic heterocycles. The van der Waals surface area contributed by atoms with Crippen LogP contribution in [0.1, 0.15) is 28.7 Å². The van der Waals surface area contributed by atoms with Gasteiger partial charge in [0.05, 0.1) is 5.69 Å². The molecule has 0 aliphatic carbocycles. The number of hydrogen-bond donors (Lipinski definition) is 2. The molecule has 2 amide bonds. The molecule has 0 bridgehead atoms. The van der Waals surface area contributed by atoms with Crippen LogP contribution in [0.3, 0.4) is 0 Å². The van der Waals surface area contributed by atoms with Gasteiger partial charge in [-0.2, -0.15) is 0 Å². The van der Waals surface area contributed by atoms with Crippen LogP contribution < -0.4 is 10.6 Å². The summed E-state index contributed by atoms with van der Waals surface area (Å²) in [7, 11) is 0. The van der Waals surface area contributed by atoms with Gasteiger partial charge in [-0.3, -0.25) is 14.0 Å². The van der Waals surface area contributed by atoms with E-state index in [0.29, 0.717) is 22.8 Å². The number of nitrogens with zero attached hydrogens (tertiary/aromatic N) is 2. The Hall–Kier alpha value is -2.67. The van der Waals surface area contributed by atoms with E-state index in [0.717, 1.165) is 15.7 Å². The summed E-state index contributed by atoms with van der Waals surface area (Å²) in [6, 6.07) is 8.96. The summed E-state index contributed by atoms with van der Waals surface area (Å²) in [5.74, 6) is -0.427. The van der Waals surface area contributed by atoms with E-state index in [1.165, 1.54) is 6.92 Å². The number of nitrogens with one attached hydrogen (secondary N) is 2. The number of carbonyl (C=O) groups is 2. The smallest absolute Gasteiger partial charge is 0.274 e. The molecule has 128 valence electrons. The lowest BCUT2D eigenvalue weighted by molar-refractivity contribution is -0.114. The maximum absolute atomic E-state index is 12.8. The van der Waals surface area contributed by atoms with Gasteiger partial charge in [0.2, 0.25) is 5.91 Å². The van der Waals surface area contributed by atoms with Crippen LogP contribution in [0.4, 0.5) is 11.4 Å². The van der Waals surface area contributed by atoms with Crippen LogP contribution >= 0.6 is 15.9 Å². The van der Waals surface area contributed by atoms with Crippen molar-refractivity contribution in [1.82, 2.24) is 9.38 Å². The van der Waals surface area contributed by atoms with Crippen molar-refractivity contribution in [2.24, 2.45) is 0 Å². The summed E-state index contributed by atoms with van der Waals surface area (Å²) in [5, 5.41) is 5.56. The van der Waals surface area contributed by atoms with E-state index < -0.39 is 0 Å². The maximum atomic E-state index is 12.8. The van der Waals surface area contributed by atoms with Crippen molar-refractivity contribution in [3.8, 4) is 0 Å². The number of benzene rings is 1. The Morgan fingerprint density at radius 1 is 1.12 bits per heavy atom. The highest BCUT2D eigenvalue weighted by atomic mass is 79.9. The van der Waals surface area contributed by atoms with Gasteiger partial charge in [0.15, 0.2) is 0 Å². The first-order chi connectivity index (χ1) is 11.8. The molecule has 1 aromatic carbocycles. The van der Waals surface area contributed by atoms with E-state index in [4.69, 9.17) is 0 Å². The molecule has 2 heterocycles. The molecule has 0 atom stereocenters. The SMILES string of the molecule is CC(=O)Nc1cccc(NC(=O)c2c(C)nc3c(C)cc(Br)cn23)c1. The Morgan fingerprint density at radius 2 is 1.80 bits per heavy atom. The average molecular weight is 401 g/mol. The van der Waals surface area contributed by atoms with Gasteiger partial charge < -0.3 is 10.6 Å². The molecule has 0 fully saturated rings. The fourth-order valence-corrected chi connectivity index (χ4v) is 3.27. The summed E-state index contributed by atoms with van der Waals surface area (Å²) < 4.78 is 2.65.